The van der Waals surface area contributed by atoms with Crippen LogP contribution in [0.4, 0.5) is 0 Å². The molecule has 1 heterocycles. The average molecular weight is 318 g/mol. The van der Waals surface area contributed by atoms with Crippen LogP contribution in [-0.2, 0) is 0 Å². The van der Waals surface area contributed by atoms with Gasteiger partial charge in [0.25, 0.3) is 5.91 Å². The lowest BCUT2D eigenvalue weighted by atomic mass is 10.1. The molecule has 0 spiro atoms. The Kier molecular flexibility index (Phi) is 4.00. The fourth-order valence-electron chi connectivity index (χ4n) is 2.40. The van der Waals surface area contributed by atoms with Crippen LogP contribution in [0.15, 0.2) is 54.6 Å². The molecule has 3 rings (SSSR count). The number of amides is 1. The molecule has 2 aromatic carbocycles. The molecule has 0 unspecified atom stereocenters. The maximum Gasteiger partial charge on any atom is 0.255 e. The van der Waals surface area contributed by atoms with Crippen LogP contribution in [0.2, 0.25) is 10.0 Å². The SMILES string of the molecule is O=C(c1ccc(Cl)cc1Cl)N1CC=C(c2ccccc2)C1. The van der Waals surface area contributed by atoms with Crippen LogP contribution in [0.1, 0.15) is 15.9 Å². The quantitative estimate of drug-likeness (QED) is 0.796. The van der Waals surface area contributed by atoms with E-state index in [2.05, 4.69) is 18.2 Å². The molecule has 0 fully saturated rings. The standard InChI is InChI=1S/C17H13Cl2NO/c18-14-6-7-15(16(19)10-14)17(21)20-9-8-13(11-20)12-4-2-1-3-5-12/h1-8,10H,9,11H2. The molecule has 0 radical (unpaired) electrons. The van der Waals surface area contributed by atoms with E-state index in [-0.39, 0.29) is 5.91 Å². The van der Waals surface area contributed by atoms with Gasteiger partial charge in [0.15, 0.2) is 0 Å². The fourth-order valence-corrected chi connectivity index (χ4v) is 2.89. The minimum atomic E-state index is -0.0705. The number of halogens is 2. The number of rotatable bonds is 2. The molecule has 1 aliphatic heterocycles. The summed E-state index contributed by atoms with van der Waals surface area (Å²) in [6, 6.07) is 15.0. The lowest BCUT2D eigenvalue weighted by Gasteiger charge is -2.17. The molecule has 0 saturated heterocycles. The van der Waals surface area contributed by atoms with Crippen LogP contribution >= 0.6 is 23.2 Å². The maximum absolute atomic E-state index is 12.5. The van der Waals surface area contributed by atoms with Crippen LogP contribution in [0, 0.1) is 0 Å². The van der Waals surface area contributed by atoms with E-state index in [4.69, 9.17) is 23.2 Å². The van der Waals surface area contributed by atoms with E-state index in [1.807, 2.05) is 18.2 Å². The zero-order chi connectivity index (χ0) is 14.8. The summed E-state index contributed by atoms with van der Waals surface area (Å²) >= 11 is 12.0. The van der Waals surface area contributed by atoms with Gasteiger partial charge in [0.2, 0.25) is 0 Å². The highest BCUT2D eigenvalue weighted by Crippen LogP contribution is 2.26. The first kappa shape index (κ1) is 14.2. The third-order valence-corrected chi connectivity index (χ3v) is 4.06. The monoisotopic (exact) mass is 317 g/mol. The van der Waals surface area contributed by atoms with Crippen molar-refractivity contribution in [3.05, 3.63) is 75.8 Å². The molecule has 1 amide bonds. The third kappa shape index (κ3) is 2.97. The Labute approximate surface area is 133 Å². The Hall–Kier alpha value is -1.77. The summed E-state index contributed by atoms with van der Waals surface area (Å²) in [7, 11) is 0. The molecule has 0 bridgehead atoms. The van der Waals surface area contributed by atoms with Crippen molar-refractivity contribution in [2.45, 2.75) is 0 Å². The number of hydrogen-bond donors (Lipinski definition) is 0. The topological polar surface area (TPSA) is 20.3 Å². The minimum absolute atomic E-state index is 0.0705. The predicted octanol–water partition coefficient (Wildman–Crippen LogP) is 4.53. The van der Waals surface area contributed by atoms with Gasteiger partial charge in [0, 0.05) is 18.1 Å². The first-order valence-electron chi connectivity index (χ1n) is 6.64. The zero-order valence-corrected chi connectivity index (χ0v) is 12.7. The molecular formula is C17H13Cl2NO. The Balaban J connectivity index is 1.77. The van der Waals surface area contributed by atoms with E-state index < -0.39 is 0 Å². The van der Waals surface area contributed by atoms with Crippen molar-refractivity contribution in [1.29, 1.82) is 0 Å². The van der Waals surface area contributed by atoms with Gasteiger partial charge in [-0.25, -0.2) is 0 Å². The van der Waals surface area contributed by atoms with Crippen molar-refractivity contribution < 1.29 is 4.79 Å². The molecule has 0 N–H and O–H groups in total. The third-order valence-electron chi connectivity index (χ3n) is 3.51. The second-order valence-corrected chi connectivity index (χ2v) is 5.75. The Morgan fingerprint density at radius 1 is 1.05 bits per heavy atom. The second kappa shape index (κ2) is 5.92. The van der Waals surface area contributed by atoms with Gasteiger partial charge in [0.1, 0.15) is 0 Å². The van der Waals surface area contributed by atoms with Crippen LogP contribution < -0.4 is 0 Å². The highest BCUT2D eigenvalue weighted by atomic mass is 35.5. The Bertz CT molecular complexity index is 710. The second-order valence-electron chi connectivity index (χ2n) is 4.91. The molecule has 2 aromatic rings. The van der Waals surface area contributed by atoms with E-state index in [9.17, 15) is 4.79 Å². The number of benzene rings is 2. The predicted molar refractivity (Wildman–Crippen MR) is 86.8 cm³/mol. The van der Waals surface area contributed by atoms with E-state index >= 15 is 0 Å². The van der Waals surface area contributed by atoms with Crippen LogP contribution in [0.5, 0.6) is 0 Å². The van der Waals surface area contributed by atoms with Gasteiger partial charge in [-0.05, 0) is 29.3 Å². The van der Waals surface area contributed by atoms with Crippen molar-refractivity contribution in [3.8, 4) is 0 Å². The summed E-state index contributed by atoms with van der Waals surface area (Å²) in [4.78, 5) is 14.3. The van der Waals surface area contributed by atoms with Gasteiger partial charge >= 0.3 is 0 Å². The number of carbonyl (C=O) groups is 1. The summed E-state index contributed by atoms with van der Waals surface area (Å²) in [6.07, 6.45) is 2.08. The summed E-state index contributed by atoms with van der Waals surface area (Å²) in [6.45, 7) is 1.20. The van der Waals surface area contributed by atoms with Crippen molar-refractivity contribution >= 4 is 34.7 Å². The first-order valence-corrected chi connectivity index (χ1v) is 7.39. The smallest absolute Gasteiger partial charge is 0.255 e. The van der Waals surface area contributed by atoms with E-state index in [1.54, 1.807) is 23.1 Å². The maximum atomic E-state index is 12.5. The molecule has 21 heavy (non-hydrogen) atoms. The summed E-state index contributed by atoms with van der Waals surface area (Å²) in [5, 5.41) is 0.918. The molecule has 4 heteroatoms. The van der Waals surface area contributed by atoms with Crippen molar-refractivity contribution in [1.82, 2.24) is 4.90 Å². The van der Waals surface area contributed by atoms with E-state index in [1.165, 1.54) is 0 Å². The van der Waals surface area contributed by atoms with Gasteiger partial charge in [-0.15, -0.1) is 0 Å². The Morgan fingerprint density at radius 2 is 1.81 bits per heavy atom. The van der Waals surface area contributed by atoms with Crippen LogP contribution in [-0.4, -0.2) is 23.9 Å². The highest BCUT2D eigenvalue weighted by Gasteiger charge is 2.23. The molecule has 0 aromatic heterocycles. The molecule has 1 aliphatic rings. The van der Waals surface area contributed by atoms with E-state index in [0.29, 0.717) is 28.7 Å². The van der Waals surface area contributed by atoms with Crippen molar-refractivity contribution in [2.24, 2.45) is 0 Å². The molecule has 106 valence electrons. The van der Waals surface area contributed by atoms with E-state index in [0.717, 1.165) is 11.1 Å². The molecule has 0 saturated carbocycles. The first-order chi connectivity index (χ1) is 10.1. The van der Waals surface area contributed by atoms with Crippen LogP contribution in [0.3, 0.4) is 0 Å². The highest BCUT2D eigenvalue weighted by molar-refractivity contribution is 6.36. The van der Waals surface area contributed by atoms with Crippen molar-refractivity contribution in [3.63, 3.8) is 0 Å². The lowest BCUT2D eigenvalue weighted by Crippen LogP contribution is -2.29. The van der Waals surface area contributed by atoms with Gasteiger partial charge in [-0.1, -0.05) is 59.6 Å². The van der Waals surface area contributed by atoms with Crippen molar-refractivity contribution in [2.75, 3.05) is 13.1 Å². The van der Waals surface area contributed by atoms with Gasteiger partial charge in [-0.2, -0.15) is 0 Å². The average Bonchev–Trinajstić information content (AvgIpc) is 2.97. The zero-order valence-electron chi connectivity index (χ0n) is 11.2. The minimum Gasteiger partial charge on any atom is -0.331 e. The number of carbonyl (C=O) groups excluding carboxylic acids is 1. The number of nitrogens with zero attached hydrogens (tertiary/aromatic N) is 1. The molecule has 0 atom stereocenters. The van der Waals surface area contributed by atoms with Gasteiger partial charge in [0.05, 0.1) is 10.6 Å². The Morgan fingerprint density at radius 3 is 2.52 bits per heavy atom. The largest absolute Gasteiger partial charge is 0.331 e. The molecular weight excluding hydrogens is 305 g/mol. The lowest BCUT2D eigenvalue weighted by molar-refractivity contribution is 0.0801. The fraction of sp³-hybridized carbons (Fsp3) is 0.118. The summed E-state index contributed by atoms with van der Waals surface area (Å²) in [5.74, 6) is -0.0705. The normalized spacial score (nSPS) is 14.2. The molecule has 2 nitrogen and oxygen atoms in total. The molecule has 0 aliphatic carbocycles. The summed E-state index contributed by atoms with van der Waals surface area (Å²) < 4.78 is 0. The number of hydrogen-bond acceptors (Lipinski definition) is 1. The summed E-state index contributed by atoms with van der Waals surface area (Å²) in [5.41, 5.74) is 2.80. The van der Waals surface area contributed by atoms with Gasteiger partial charge < -0.3 is 4.90 Å². The van der Waals surface area contributed by atoms with Gasteiger partial charge in [-0.3, -0.25) is 4.79 Å². The van der Waals surface area contributed by atoms with Crippen LogP contribution in [0.25, 0.3) is 5.57 Å².